The largest absolute Gasteiger partial charge is 0.424 e. The molecule has 0 aliphatic heterocycles. The molecule has 0 heterocycles. The quantitative estimate of drug-likeness (QED) is 0.404. The lowest BCUT2D eigenvalue weighted by atomic mass is 10.1. The summed E-state index contributed by atoms with van der Waals surface area (Å²) < 4.78 is 44.2. The molecule has 27 heavy (non-hydrogen) atoms. The number of non-ortho nitro benzene ring substituents is 1. The second-order valence-corrected chi connectivity index (χ2v) is 9.49. The zero-order valence-corrected chi connectivity index (χ0v) is 16.6. The van der Waals surface area contributed by atoms with Crippen LogP contribution >= 0.6 is 7.60 Å². The van der Waals surface area contributed by atoms with Crippen LogP contribution < -0.4 is 9.25 Å². The summed E-state index contributed by atoms with van der Waals surface area (Å²) in [6.45, 7) is 5.12. The van der Waals surface area contributed by atoms with E-state index in [0.29, 0.717) is 11.1 Å². The lowest BCUT2D eigenvalue weighted by Crippen LogP contribution is -2.27. The second-order valence-electron chi connectivity index (χ2n) is 6.01. The molecule has 1 atom stereocenters. The number of aryl methyl sites for hydroxylation is 3. The average molecular weight is 414 g/mol. The summed E-state index contributed by atoms with van der Waals surface area (Å²) in [6, 6.07) is 7.94. The fraction of sp³-hybridized carbons (Fsp3) is 0.250. The molecule has 0 aromatic heterocycles. The molecule has 0 radical (unpaired) electrons. The summed E-state index contributed by atoms with van der Waals surface area (Å²) in [7, 11) is -8.40. The van der Waals surface area contributed by atoms with E-state index in [1.807, 2.05) is 6.92 Å². The van der Waals surface area contributed by atoms with Crippen LogP contribution in [-0.2, 0) is 14.6 Å². The van der Waals surface area contributed by atoms with Gasteiger partial charge in [0.1, 0.15) is 12.0 Å². The molecule has 0 fully saturated rings. The summed E-state index contributed by atoms with van der Waals surface area (Å²) in [4.78, 5) is 19.9. The number of rotatable bonds is 7. The zero-order valence-electron chi connectivity index (χ0n) is 14.9. The number of sulfonamides is 1. The van der Waals surface area contributed by atoms with Crippen molar-refractivity contribution >= 4 is 23.3 Å². The lowest BCUT2D eigenvalue weighted by Gasteiger charge is -2.16. The van der Waals surface area contributed by atoms with Crippen molar-refractivity contribution in [2.45, 2.75) is 25.7 Å². The van der Waals surface area contributed by atoms with Gasteiger partial charge in [-0.3, -0.25) is 10.1 Å². The van der Waals surface area contributed by atoms with Gasteiger partial charge >= 0.3 is 7.60 Å². The Labute approximate surface area is 156 Å². The van der Waals surface area contributed by atoms with Crippen molar-refractivity contribution in [1.82, 2.24) is 4.72 Å². The van der Waals surface area contributed by atoms with E-state index in [9.17, 15) is 28.0 Å². The monoisotopic (exact) mass is 414 g/mol. The zero-order chi connectivity index (χ0) is 20.4. The summed E-state index contributed by atoms with van der Waals surface area (Å²) in [5, 5.41) is 10.6. The van der Waals surface area contributed by atoms with Crippen LogP contribution in [0.2, 0.25) is 0 Å². The molecular formula is C16H19N2O7PS. The van der Waals surface area contributed by atoms with Gasteiger partial charge in [-0.15, -0.1) is 0 Å². The number of nitro groups is 1. The van der Waals surface area contributed by atoms with E-state index in [-0.39, 0.29) is 16.3 Å². The summed E-state index contributed by atoms with van der Waals surface area (Å²) >= 11 is 0. The Morgan fingerprint density at radius 3 is 2.15 bits per heavy atom. The van der Waals surface area contributed by atoms with Crippen LogP contribution in [0.25, 0.3) is 0 Å². The Balaban J connectivity index is 2.14. The van der Waals surface area contributed by atoms with Gasteiger partial charge < -0.3 is 9.42 Å². The molecule has 0 spiro atoms. The van der Waals surface area contributed by atoms with Crippen LogP contribution in [0.1, 0.15) is 16.7 Å². The molecule has 2 aromatic rings. The van der Waals surface area contributed by atoms with Crippen molar-refractivity contribution < 1.29 is 27.3 Å². The van der Waals surface area contributed by atoms with E-state index in [4.69, 9.17) is 4.52 Å². The molecule has 1 unspecified atom stereocenters. The fourth-order valence-corrected chi connectivity index (χ4v) is 5.61. The van der Waals surface area contributed by atoms with Gasteiger partial charge in [0.15, 0.2) is 0 Å². The van der Waals surface area contributed by atoms with Crippen LogP contribution in [0, 0.1) is 30.9 Å². The van der Waals surface area contributed by atoms with Gasteiger partial charge in [-0.05, 0) is 44.0 Å². The Morgan fingerprint density at radius 2 is 1.67 bits per heavy atom. The molecule has 0 saturated heterocycles. The Hall–Kier alpha value is -2.26. The molecular weight excluding hydrogens is 395 g/mol. The number of nitrogens with zero attached hydrogens (tertiary/aromatic N) is 1. The van der Waals surface area contributed by atoms with Gasteiger partial charge in [0.05, 0.1) is 9.82 Å². The number of hydrogen-bond acceptors (Lipinski definition) is 6. The number of hydrogen-bond donors (Lipinski definition) is 2. The molecule has 11 heteroatoms. The maximum absolute atomic E-state index is 12.5. The number of benzene rings is 2. The molecule has 0 amide bonds. The van der Waals surface area contributed by atoms with E-state index in [1.165, 1.54) is 0 Å². The van der Waals surface area contributed by atoms with Crippen LogP contribution in [0.15, 0.2) is 41.3 Å². The van der Waals surface area contributed by atoms with Crippen molar-refractivity contribution in [3.05, 3.63) is 63.2 Å². The van der Waals surface area contributed by atoms with Gasteiger partial charge in [-0.1, -0.05) is 17.7 Å². The summed E-state index contributed by atoms with van der Waals surface area (Å²) in [5.41, 5.74) is 1.73. The first-order valence-corrected chi connectivity index (χ1v) is 11.0. The Morgan fingerprint density at radius 1 is 1.15 bits per heavy atom. The molecule has 0 saturated carbocycles. The molecule has 0 aliphatic rings. The molecule has 0 aliphatic carbocycles. The number of nitro benzene ring substituents is 1. The highest BCUT2D eigenvalue weighted by Gasteiger charge is 2.27. The van der Waals surface area contributed by atoms with E-state index in [1.54, 1.807) is 26.0 Å². The third-order valence-electron chi connectivity index (χ3n) is 3.62. The van der Waals surface area contributed by atoms with Gasteiger partial charge in [0.25, 0.3) is 5.69 Å². The predicted octanol–water partition coefficient (Wildman–Crippen LogP) is 3.02. The Kier molecular flexibility index (Phi) is 6.06. The van der Waals surface area contributed by atoms with Gasteiger partial charge in [0.2, 0.25) is 10.0 Å². The summed E-state index contributed by atoms with van der Waals surface area (Å²) in [5.74, 6) is -0.0895. The smallest absolute Gasteiger partial charge is 0.391 e. The number of nitrogens with one attached hydrogen (secondary N) is 1. The maximum Gasteiger partial charge on any atom is 0.391 e. The highest BCUT2D eigenvalue weighted by molar-refractivity contribution is 7.90. The average Bonchev–Trinajstić information content (AvgIpc) is 2.52. The van der Waals surface area contributed by atoms with Crippen LogP contribution in [0.4, 0.5) is 5.69 Å². The minimum absolute atomic E-state index is 0.0448. The van der Waals surface area contributed by atoms with Gasteiger partial charge in [0, 0.05) is 12.1 Å². The van der Waals surface area contributed by atoms with E-state index < -0.39 is 28.8 Å². The van der Waals surface area contributed by atoms with E-state index >= 15 is 0 Å². The first kappa shape index (κ1) is 21.0. The minimum Gasteiger partial charge on any atom is -0.424 e. The lowest BCUT2D eigenvalue weighted by molar-refractivity contribution is -0.384. The molecule has 2 N–H and O–H groups in total. The first-order chi connectivity index (χ1) is 12.4. The van der Waals surface area contributed by atoms with Crippen molar-refractivity contribution in [3.63, 3.8) is 0 Å². The normalized spacial score (nSPS) is 13.8. The molecule has 9 nitrogen and oxygen atoms in total. The van der Waals surface area contributed by atoms with Crippen molar-refractivity contribution in [2.24, 2.45) is 0 Å². The maximum atomic E-state index is 12.5. The molecule has 0 bridgehead atoms. The highest BCUT2D eigenvalue weighted by atomic mass is 32.2. The van der Waals surface area contributed by atoms with Gasteiger partial charge in [-0.25, -0.2) is 13.0 Å². The van der Waals surface area contributed by atoms with Crippen LogP contribution in [0.5, 0.6) is 5.75 Å². The predicted molar refractivity (Wildman–Crippen MR) is 99.4 cm³/mol. The van der Waals surface area contributed by atoms with E-state index in [2.05, 4.69) is 4.72 Å². The molecule has 2 aromatic carbocycles. The third-order valence-corrected chi connectivity index (χ3v) is 6.60. The molecule has 146 valence electrons. The Bertz CT molecular complexity index is 997. The third kappa shape index (κ3) is 5.36. The van der Waals surface area contributed by atoms with E-state index in [0.717, 1.165) is 29.8 Å². The topological polar surface area (TPSA) is 136 Å². The second kappa shape index (κ2) is 7.77. The standard InChI is InChI=1S/C16H19N2O7PS/c1-11-8-12(2)16(13(3)9-11)27(23,24)17-10-26(21,22)25-15-6-4-14(5-7-15)18(19)20/h4-9,17H,10H2,1-3H3,(H,21,22). The summed E-state index contributed by atoms with van der Waals surface area (Å²) in [6.07, 6.45) is -0.848. The minimum atomic E-state index is -4.37. The van der Waals surface area contributed by atoms with Crippen molar-refractivity contribution in [3.8, 4) is 5.75 Å². The van der Waals surface area contributed by atoms with Gasteiger partial charge in [-0.2, -0.15) is 4.72 Å². The van der Waals surface area contributed by atoms with Crippen LogP contribution in [0.3, 0.4) is 0 Å². The SMILES string of the molecule is Cc1cc(C)c(S(=O)(=O)NCP(=O)(O)Oc2ccc([N+](=O)[O-])cc2)c(C)c1. The highest BCUT2D eigenvalue weighted by Crippen LogP contribution is 2.42. The fourth-order valence-electron chi connectivity index (χ4n) is 2.66. The van der Waals surface area contributed by atoms with Crippen LogP contribution in [-0.4, -0.2) is 24.5 Å². The van der Waals surface area contributed by atoms with Crippen molar-refractivity contribution in [1.29, 1.82) is 0 Å². The van der Waals surface area contributed by atoms with Crippen molar-refractivity contribution in [2.75, 3.05) is 6.29 Å². The molecule has 2 rings (SSSR count). The first-order valence-electron chi connectivity index (χ1n) is 7.75.